The number of carbonyl (C=O) groups is 1. The smallest absolute Gasteiger partial charge is 0.330 e. The highest BCUT2D eigenvalue weighted by Gasteiger charge is 2.41. The first kappa shape index (κ1) is 35.4. The number of allylic oxidation sites excluding steroid dienone is 2. The summed E-state index contributed by atoms with van der Waals surface area (Å²) >= 11 is 0. The lowest BCUT2D eigenvalue weighted by atomic mass is 9.98. The molecular weight excluding hydrogens is 556 g/mol. The topological polar surface area (TPSA) is 63.2 Å². The fourth-order valence-electron chi connectivity index (χ4n) is 5.24. The monoisotopic (exact) mass is 612 g/mol. The highest BCUT2D eigenvalue weighted by Crippen LogP contribution is 2.38. The minimum Gasteiger partial charge on any atom is -0.456 e. The summed E-state index contributed by atoms with van der Waals surface area (Å²) in [6.07, 6.45) is 23.8. The summed E-state index contributed by atoms with van der Waals surface area (Å²) in [5, 5.41) is 0.00258. The number of ether oxygens (including phenoxy) is 4. The SMILES string of the molecule is C=C1CC/C=C/C[C@@H]([C@H](/C=C/[C@@H]2CC(C)=CCO2)O[Si](C)(C)C(C)(C)C)OC(=O)/C=C\C[C@@H]2C=C[C@H](OC)[C@@H](CCC1)O2. The summed E-state index contributed by atoms with van der Waals surface area (Å²) in [4.78, 5) is 13.2. The lowest BCUT2D eigenvalue weighted by molar-refractivity contribution is -0.146. The molecule has 7 heteroatoms. The van der Waals surface area contributed by atoms with Crippen LogP contribution >= 0.6 is 0 Å². The van der Waals surface area contributed by atoms with Gasteiger partial charge in [0, 0.05) is 19.6 Å². The zero-order chi connectivity index (χ0) is 31.5. The maximum absolute atomic E-state index is 13.2. The number of fused-ring (bicyclic) bond motifs is 2. The van der Waals surface area contributed by atoms with Crippen molar-refractivity contribution in [2.45, 2.75) is 134 Å². The average molecular weight is 613 g/mol. The van der Waals surface area contributed by atoms with Crippen LogP contribution in [-0.2, 0) is 28.2 Å². The Balaban J connectivity index is 1.85. The molecular formula is C36H56O6Si. The van der Waals surface area contributed by atoms with Crippen molar-refractivity contribution in [3.63, 3.8) is 0 Å². The van der Waals surface area contributed by atoms with Crippen molar-refractivity contribution in [2.75, 3.05) is 13.7 Å². The maximum atomic E-state index is 13.2. The molecule has 0 spiro atoms. The van der Waals surface area contributed by atoms with Crippen LogP contribution in [0.15, 0.2) is 72.4 Å². The zero-order valence-corrected chi connectivity index (χ0v) is 28.7. The van der Waals surface area contributed by atoms with Crippen LogP contribution in [0.5, 0.6) is 0 Å². The van der Waals surface area contributed by atoms with Crippen molar-refractivity contribution < 1.29 is 28.2 Å². The van der Waals surface area contributed by atoms with Gasteiger partial charge in [0.05, 0.1) is 24.9 Å². The van der Waals surface area contributed by atoms with Gasteiger partial charge in [-0.1, -0.05) is 87.1 Å². The molecule has 6 atom stereocenters. The van der Waals surface area contributed by atoms with E-state index in [2.05, 4.69) is 83.8 Å². The van der Waals surface area contributed by atoms with Crippen molar-refractivity contribution in [3.8, 4) is 0 Å². The normalized spacial score (nSPS) is 31.0. The predicted octanol–water partition coefficient (Wildman–Crippen LogP) is 8.33. The van der Waals surface area contributed by atoms with Gasteiger partial charge in [-0.25, -0.2) is 4.79 Å². The molecule has 0 amide bonds. The van der Waals surface area contributed by atoms with Gasteiger partial charge in [-0.3, -0.25) is 0 Å². The number of rotatable bonds is 6. The van der Waals surface area contributed by atoms with Gasteiger partial charge in [0.15, 0.2) is 8.32 Å². The van der Waals surface area contributed by atoms with E-state index < -0.39 is 20.5 Å². The summed E-state index contributed by atoms with van der Waals surface area (Å²) < 4.78 is 31.1. The summed E-state index contributed by atoms with van der Waals surface area (Å²) in [7, 11) is -0.475. The molecule has 3 aliphatic heterocycles. The second kappa shape index (κ2) is 16.9. The molecule has 0 aliphatic carbocycles. The van der Waals surface area contributed by atoms with Gasteiger partial charge in [-0.2, -0.15) is 0 Å². The Morgan fingerprint density at radius 1 is 1.12 bits per heavy atom. The van der Waals surface area contributed by atoms with Crippen LogP contribution in [0, 0.1) is 0 Å². The highest BCUT2D eigenvalue weighted by atomic mass is 28.4. The Morgan fingerprint density at radius 2 is 1.91 bits per heavy atom. The van der Waals surface area contributed by atoms with Gasteiger partial charge >= 0.3 is 5.97 Å². The molecule has 0 unspecified atom stereocenters. The molecule has 0 radical (unpaired) electrons. The van der Waals surface area contributed by atoms with E-state index in [4.69, 9.17) is 23.4 Å². The number of methoxy groups -OCH3 is 1. The van der Waals surface area contributed by atoms with Crippen LogP contribution in [0.2, 0.25) is 18.1 Å². The summed E-state index contributed by atoms with van der Waals surface area (Å²) in [5.74, 6) is -0.371. The molecule has 0 aromatic carbocycles. The van der Waals surface area contributed by atoms with E-state index in [9.17, 15) is 4.79 Å². The Kier molecular flexibility index (Phi) is 13.9. The molecule has 3 heterocycles. The third-order valence-electron chi connectivity index (χ3n) is 9.00. The van der Waals surface area contributed by atoms with E-state index in [-0.39, 0.29) is 35.4 Å². The van der Waals surface area contributed by atoms with Crippen LogP contribution in [0.25, 0.3) is 0 Å². The molecule has 0 fully saturated rings. The van der Waals surface area contributed by atoms with Crippen LogP contribution in [0.1, 0.15) is 79.1 Å². The zero-order valence-electron chi connectivity index (χ0n) is 27.7. The second-order valence-corrected chi connectivity index (χ2v) is 18.4. The number of hydrogen-bond acceptors (Lipinski definition) is 6. The van der Waals surface area contributed by atoms with Gasteiger partial charge in [-0.05, 0) is 70.0 Å². The van der Waals surface area contributed by atoms with E-state index in [0.717, 1.165) is 38.5 Å². The fourth-order valence-corrected chi connectivity index (χ4v) is 6.50. The van der Waals surface area contributed by atoms with Gasteiger partial charge in [0.1, 0.15) is 18.3 Å². The summed E-state index contributed by atoms with van der Waals surface area (Å²) in [5.41, 5.74) is 2.56. The third-order valence-corrected chi connectivity index (χ3v) is 13.5. The second-order valence-electron chi connectivity index (χ2n) is 13.7. The molecule has 3 aliphatic rings. The largest absolute Gasteiger partial charge is 0.456 e. The molecule has 240 valence electrons. The Labute approximate surface area is 262 Å². The van der Waals surface area contributed by atoms with Crippen molar-refractivity contribution >= 4 is 14.3 Å². The molecule has 0 aromatic heterocycles. The Bertz CT molecular complexity index is 1060. The number of carbonyl (C=O) groups excluding carboxylic acids is 1. The quantitative estimate of drug-likeness (QED) is 0.171. The van der Waals surface area contributed by atoms with Crippen molar-refractivity contribution in [1.82, 2.24) is 0 Å². The van der Waals surface area contributed by atoms with Crippen LogP contribution < -0.4 is 0 Å². The minimum absolute atomic E-state index is 0.00258. The van der Waals surface area contributed by atoms with Crippen LogP contribution in [-0.4, -0.2) is 64.6 Å². The fraction of sp³-hybridized carbons (Fsp3) is 0.639. The molecule has 43 heavy (non-hydrogen) atoms. The number of cyclic esters (lactones) is 1. The first-order valence-corrected chi connectivity index (χ1v) is 19.0. The van der Waals surface area contributed by atoms with Crippen molar-refractivity contribution in [2.24, 2.45) is 0 Å². The van der Waals surface area contributed by atoms with Crippen molar-refractivity contribution in [3.05, 3.63) is 72.4 Å². The van der Waals surface area contributed by atoms with E-state index in [1.54, 1.807) is 7.11 Å². The Morgan fingerprint density at radius 3 is 2.63 bits per heavy atom. The van der Waals surface area contributed by atoms with Crippen LogP contribution in [0.3, 0.4) is 0 Å². The van der Waals surface area contributed by atoms with E-state index >= 15 is 0 Å². The third kappa shape index (κ3) is 11.8. The van der Waals surface area contributed by atoms with E-state index in [0.29, 0.717) is 19.4 Å². The number of esters is 1. The lowest BCUT2D eigenvalue weighted by Crippen LogP contribution is -2.47. The molecule has 6 nitrogen and oxygen atoms in total. The van der Waals surface area contributed by atoms with Gasteiger partial charge in [-0.15, -0.1) is 0 Å². The average Bonchev–Trinajstić information content (AvgIpc) is 2.93. The van der Waals surface area contributed by atoms with Gasteiger partial charge in [0.25, 0.3) is 0 Å². The molecule has 0 aromatic rings. The van der Waals surface area contributed by atoms with E-state index in [1.807, 2.05) is 12.2 Å². The standard InChI is InChI=1S/C36H56O6Si/c1-27-14-10-9-11-17-33(34(42-43(7,8)36(3,4)5)23-21-30-26-28(2)24-25-39-30)41-35(37)19-13-16-29-20-22-31(38-6)32(40-29)18-12-15-27/h9,11,13,19-24,29-34H,1,10,12,14-18,25-26H2,2-8H3/b11-9+,19-13-,23-21+/t29-,30-,31+,32-,33+,34+/m1/s1. The minimum atomic E-state index is -2.20. The summed E-state index contributed by atoms with van der Waals surface area (Å²) in [6, 6.07) is 0. The summed E-state index contributed by atoms with van der Waals surface area (Å²) in [6.45, 7) is 18.2. The van der Waals surface area contributed by atoms with E-state index in [1.165, 1.54) is 17.2 Å². The maximum Gasteiger partial charge on any atom is 0.330 e. The van der Waals surface area contributed by atoms with Crippen LogP contribution in [0.4, 0.5) is 0 Å². The lowest BCUT2D eigenvalue weighted by Gasteiger charge is -2.40. The molecule has 2 bridgehead atoms. The Hall–Kier alpha value is -2.03. The molecule has 0 saturated heterocycles. The molecule has 0 saturated carbocycles. The van der Waals surface area contributed by atoms with Gasteiger partial charge < -0.3 is 23.4 Å². The molecule has 3 rings (SSSR count). The van der Waals surface area contributed by atoms with Gasteiger partial charge in [0.2, 0.25) is 0 Å². The predicted molar refractivity (Wildman–Crippen MR) is 178 cm³/mol. The first-order chi connectivity index (χ1) is 20.4. The number of hydrogen-bond donors (Lipinski definition) is 0. The molecule has 0 N–H and O–H groups in total. The first-order valence-electron chi connectivity index (χ1n) is 16.1. The highest BCUT2D eigenvalue weighted by molar-refractivity contribution is 6.74. The van der Waals surface area contributed by atoms with Crippen molar-refractivity contribution in [1.29, 1.82) is 0 Å².